The van der Waals surface area contributed by atoms with Gasteiger partial charge in [0.2, 0.25) is 12.1 Å². The molecule has 0 saturated heterocycles. The summed E-state index contributed by atoms with van der Waals surface area (Å²) in [4.78, 5) is 1.02. The van der Waals surface area contributed by atoms with Crippen molar-refractivity contribution in [3.63, 3.8) is 0 Å². The highest BCUT2D eigenvalue weighted by atomic mass is 35.5. The van der Waals surface area contributed by atoms with Crippen molar-refractivity contribution in [1.82, 2.24) is 0 Å². The van der Waals surface area contributed by atoms with Crippen molar-refractivity contribution >= 4 is 23.2 Å². The molecule has 2 unspecified atom stereocenters. The lowest BCUT2D eigenvalue weighted by Gasteiger charge is -2.14. The number of rotatable bonds is 6. The third kappa shape index (κ3) is 5.11. The molecule has 2 rings (SSSR count). The van der Waals surface area contributed by atoms with Gasteiger partial charge < -0.3 is 10.4 Å². The average Bonchev–Trinajstić information content (AvgIpc) is 2.57. The van der Waals surface area contributed by atoms with E-state index in [0.29, 0.717) is 32.6 Å². The lowest BCUT2D eigenvalue weighted by Crippen LogP contribution is -2.33. The van der Waals surface area contributed by atoms with Gasteiger partial charge in [-0.05, 0) is 35.4 Å². The second-order valence-electron chi connectivity index (χ2n) is 5.96. The Morgan fingerprint density at radius 2 is 1.00 bits per heavy atom. The van der Waals surface area contributed by atoms with Crippen LogP contribution in [0.25, 0.3) is 0 Å². The molecule has 0 fully saturated rings. The molecule has 0 spiro atoms. The summed E-state index contributed by atoms with van der Waals surface area (Å²) in [5.41, 5.74) is 1.93. The zero-order valence-corrected chi connectivity index (χ0v) is 15.2. The van der Waals surface area contributed by atoms with Crippen molar-refractivity contribution in [2.45, 2.75) is 38.8 Å². The first-order valence-corrected chi connectivity index (χ1v) is 8.54. The summed E-state index contributed by atoms with van der Waals surface area (Å²) in [6.07, 6.45) is 0.958. The second-order valence-corrected chi connectivity index (χ2v) is 6.84. The standard InChI is InChI=1S/C18H20Cl2N2O2/c1-13(11-15-3-7-17(19)8-4-15)21(23)22(24)14(2)12-16-5-9-18(20)10-6-16/h3-10,13-14H,11-12H2,1-2H3/b22-21+. The summed E-state index contributed by atoms with van der Waals surface area (Å²) in [7, 11) is 0. The maximum atomic E-state index is 12.3. The van der Waals surface area contributed by atoms with Crippen LogP contribution in [0.3, 0.4) is 0 Å². The van der Waals surface area contributed by atoms with E-state index in [2.05, 4.69) is 0 Å². The third-order valence-corrected chi connectivity index (χ3v) is 4.34. The Kier molecular flexibility index (Phi) is 6.46. The Morgan fingerprint density at radius 1 is 0.708 bits per heavy atom. The molecule has 0 aliphatic carbocycles. The molecule has 0 radical (unpaired) electrons. The predicted octanol–water partition coefficient (Wildman–Crippen LogP) is 5.03. The van der Waals surface area contributed by atoms with E-state index in [1.54, 1.807) is 38.1 Å². The van der Waals surface area contributed by atoms with Crippen molar-refractivity contribution in [2.75, 3.05) is 0 Å². The smallest absolute Gasteiger partial charge is 0.230 e. The van der Waals surface area contributed by atoms with Gasteiger partial charge in [-0.3, -0.25) is 0 Å². The molecule has 4 nitrogen and oxygen atoms in total. The van der Waals surface area contributed by atoms with Crippen molar-refractivity contribution in [1.29, 1.82) is 0 Å². The predicted molar refractivity (Wildman–Crippen MR) is 96.5 cm³/mol. The Hall–Kier alpha value is -1.78. The average molecular weight is 367 g/mol. The van der Waals surface area contributed by atoms with E-state index < -0.39 is 12.1 Å². The highest BCUT2D eigenvalue weighted by molar-refractivity contribution is 6.30. The van der Waals surface area contributed by atoms with Crippen LogP contribution in [0.5, 0.6) is 0 Å². The Labute approximate surface area is 152 Å². The molecule has 0 saturated carbocycles. The Morgan fingerprint density at radius 3 is 1.29 bits per heavy atom. The van der Waals surface area contributed by atoms with Crippen LogP contribution in [0.2, 0.25) is 10.0 Å². The highest BCUT2D eigenvalue weighted by Crippen LogP contribution is 2.14. The monoisotopic (exact) mass is 366 g/mol. The minimum absolute atomic E-state index is 0.462. The van der Waals surface area contributed by atoms with Crippen LogP contribution in [0.15, 0.2) is 48.5 Å². The first-order valence-electron chi connectivity index (χ1n) is 7.78. The van der Waals surface area contributed by atoms with E-state index in [-0.39, 0.29) is 0 Å². The van der Waals surface area contributed by atoms with Gasteiger partial charge in [-0.15, -0.1) is 0 Å². The van der Waals surface area contributed by atoms with E-state index in [9.17, 15) is 10.4 Å². The van der Waals surface area contributed by atoms with Gasteiger partial charge in [0.25, 0.3) is 0 Å². The normalized spacial score (nSPS) is 14.8. The number of azo groups is 1. The maximum absolute atomic E-state index is 12.3. The van der Waals surface area contributed by atoms with Gasteiger partial charge in [0, 0.05) is 46.5 Å². The molecule has 2 atom stereocenters. The van der Waals surface area contributed by atoms with Crippen LogP contribution in [0.1, 0.15) is 25.0 Å². The summed E-state index contributed by atoms with van der Waals surface area (Å²) >= 11 is 11.7. The van der Waals surface area contributed by atoms with Crippen molar-refractivity contribution < 1.29 is 9.72 Å². The number of benzene rings is 2. The zero-order chi connectivity index (χ0) is 17.7. The minimum Gasteiger partial charge on any atom is -0.567 e. The van der Waals surface area contributed by atoms with Gasteiger partial charge in [0.1, 0.15) is 0 Å². The number of hydrogen-bond donors (Lipinski definition) is 0. The first kappa shape index (κ1) is 18.6. The molecule has 0 bridgehead atoms. The molecule has 2 aromatic carbocycles. The van der Waals surface area contributed by atoms with Crippen LogP contribution in [0, 0.1) is 10.4 Å². The molecule has 0 aliphatic rings. The molecular weight excluding hydrogens is 347 g/mol. The topological polar surface area (TPSA) is 52.1 Å². The van der Waals surface area contributed by atoms with E-state index in [1.807, 2.05) is 24.3 Å². The van der Waals surface area contributed by atoms with Gasteiger partial charge in [-0.2, -0.15) is 0 Å². The van der Waals surface area contributed by atoms with Crippen LogP contribution in [-0.2, 0) is 12.8 Å². The van der Waals surface area contributed by atoms with Gasteiger partial charge in [0.05, 0.1) is 0 Å². The van der Waals surface area contributed by atoms with Crippen LogP contribution >= 0.6 is 23.2 Å². The quantitative estimate of drug-likeness (QED) is 0.409. The molecule has 2 aromatic rings. The SMILES string of the molecule is CC(Cc1ccc(Cl)cc1)/[N+]([O-])=[N+](\[O-])C(C)Cc1ccc(Cl)cc1. The number of hydroxylamine groups is 2. The summed E-state index contributed by atoms with van der Waals surface area (Å²) in [6, 6.07) is 13.6. The van der Waals surface area contributed by atoms with Gasteiger partial charge in [-0.1, -0.05) is 47.5 Å². The number of halogens is 2. The van der Waals surface area contributed by atoms with Gasteiger partial charge >= 0.3 is 0 Å². The van der Waals surface area contributed by atoms with E-state index in [0.717, 1.165) is 11.1 Å². The molecule has 0 aliphatic heterocycles. The van der Waals surface area contributed by atoms with Gasteiger partial charge in [-0.25, -0.2) is 0 Å². The summed E-state index contributed by atoms with van der Waals surface area (Å²) in [5.74, 6) is 0. The number of nitrogens with zero attached hydrogens (tertiary/aromatic N) is 2. The summed E-state index contributed by atoms with van der Waals surface area (Å²) < 4.78 is 0. The van der Waals surface area contributed by atoms with Crippen LogP contribution < -0.4 is 0 Å². The summed E-state index contributed by atoms with van der Waals surface area (Å²) in [6.45, 7) is 3.48. The molecule has 0 N–H and O–H groups in total. The zero-order valence-electron chi connectivity index (χ0n) is 13.7. The fourth-order valence-electron chi connectivity index (χ4n) is 2.47. The minimum atomic E-state index is -0.462. The van der Waals surface area contributed by atoms with Crippen molar-refractivity contribution in [3.05, 3.63) is 80.1 Å². The second kappa shape index (κ2) is 8.36. The Bertz CT molecular complexity index is 638. The maximum Gasteiger partial charge on any atom is 0.230 e. The molecule has 0 aromatic heterocycles. The highest BCUT2D eigenvalue weighted by Gasteiger charge is 2.24. The largest absolute Gasteiger partial charge is 0.567 e. The van der Waals surface area contributed by atoms with Crippen LogP contribution in [-0.4, -0.2) is 21.8 Å². The van der Waals surface area contributed by atoms with Crippen molar-refractivity contribution in [2.24, 2.45) is 0 Å². The molecule has 0 amide bonds. The summed E-state index contributed by atoms with van der Waals surface area (Å²) in [5, 5.41) is 25.9. The lowest BCUT2D eigenvalue weighted by atomic mass is 10.1. The number of hydrogen-bond acceptors (Lipinski definition) is 2. The van der Waals surface area contributed by atoms with E-state index in [1.165, 1.54) is 0 Å². The van der Waals surface area contributed by atoms with Gasteiger partial charge in [0.15, 0.2) is 0 Å². The first-order chi connectivity index (χ1) is 11.4. The lowest BCUT2D eigenvalue weighted by molar-refractivity contribution is -0.994. The fraction of sp³-hybridized carbons (Fsp3) is 0.333. The molecular formula is C18H20Cl2N2O2. The molecule has 24 heavy (non-hydrogen) atoms. The fourth-order valence-corrected chi connectivity index (χ4v) is 2.72. The Balaban J connectivity index is 2.04. The molecule has 6 heteroatoms. The molecule has 128 valence electrons. The molecule has 0 heterocycles. The van der Waals surface area contributed by atoms with E-state index in [4.69, 9.17) is 23.2 Å². The van der Waals surface area contributed by atoms with Crippen LogP contribution in [0.4, 0.5) is 0 Å². The van der Waals surface area contributed by atoms with E-state index >= 15 is 0 Å². The third-order valence-electron chi connectivity index (χ3n) is 3.84. The van der Waals surface area contributed by atoms with Crippen molar-refractivity contribution in [3.8, 4) is 0 Å².